The molecule has 1 nitrogen and oxygen atoms in total. The minimum absolute atomic E-state index is 0.159. The second-order valence-electron chi connectivity index (χ2n) is 4.05. The molecule has 76 valence electrons. The third-order valence-electron chi connectivity index (χ3n) is 2.90. The van der Waals surface area contributed by atoms with Gasteiger partial charge in [0.25, 0.3) is 0 Å². The number of nitrogens with one attached hydrogen (secondary N) is 1. The highest BCUT2D eigenvalue weighted by atomic mass is 19.1. The van der Waals surface area contributed by atoms with Gasteiger partial charge in [-0.15, -0.1) is 0 Å². The first-order valence-corrected chi connectivity index (χ1v) is 5.30. The van der Waals surface area contributed by atoms with Crippen LogP contribution < -0.4 is 5.32 Å². The molecule has 14 heavy (non-hydrogen) atoms. The summed E-state index contributed by atoms with van der Waals surface area (Å²) in [4.78, 5) is 0. The van der Waals surface area contributed by atoms with E-state index in [0.29, 0.717) is 0 Å². The molecule has 2 rings (SSSR count). The normalized spacial score (nSPS) is 16.6. The number of benzene rings is 1. The molecule has 0 radical (unpaired) electrons. The summed E-state index contributed by atoms with van der Waals surface area (Å²) >= 11 is 0. The van der Waals surface area contributed by atoms with Crippen molar-refractivity contribution >= 4 is 0 Å². The van der Waals surface area contributed by atoms with E-state index in [-0.39, 0.29) is 5.82 Å². The maximum absolute atomic E-state index is 12.6. The van der Waals surface area contributed by atoms with E-state index in [1.807, 2.05) is 12.1 Å². The molecule has 1 aromatic rings. The van der Waals surface area contributed by atoms with E-state index in [1.165, 1.54) is 31.4 Å². The van der Waals surface area contributed by atoms with Gasteiger partial charge in [-0.05, 0) is 43.0 Å². The number of hydrogen-bond acceptors (Lipinski definition) is 1. The van der Waals surface area contributed by atoms with Crippen molar-refractivity contribution in [3.8, 4) is 0 Å². The molecule has 1 aliphatic rings. The van der Waals surface area contributed by atoms with E-state index in [9.17, 15) is 4.39 Å². The maximum Gasteiger partial charge on any atom is 0.123 e. The molecule has 0 aromatic heterocycles. The van der Waals surface area contributed by atoms with Crippen LogP contribution in [0, 0.1) is 11.7 Å². The monoisotopic (exact) mass is 193 g/mol. The van der Waals surface area contributed by atoms with Crippen LogP contribution in [-0.2, 0) is 6.54 Å². The molecular weight excluding hydrogens is 177 g/mol. The summed E-state index contributed by atoms with van der Waals surface area (Å²) in [5.74, 6) is 0.725. The lowest BCUT2D eigenvalue weighted by molar-refractivity contribution is 0.301. The number of halogens is 1. The molecule has 0 spiro atoms. The third kappa shape index (κ3) is 2.55. The minimum atomic E-state index is -0.159. The highest BCUT2D eigenvalue weighted by Gasteiger charge is 2.16. The van der Waals surface area contributed by atoms with Crippen molar-refractivity contribution in [2.75, 3.05) is 6.54 Å². The lowest BCUT2D eigenvalue weighted by Gasteiger charge is -2.25. The van der Waals surface area contributed by atoms with E-state index in [1.54, 1.807) is 0 Å². The van der Waals surface area contributed by atoms with Crippen LogP contribution in [0.15, 0.2) is 24.3 Å². The van der Waals surface area contributed by atoms with Gasteiger partial charge in [0, 0.05) is 6.54 Å². The van der Waals surface area contributed by atoms with Crippen molar-refractivity contribution in [3.63, 3.8) is 0 Å². The van der Waals surface area contributed by atoms with E-state index >= 15 is 0 Å². The van der Waals surface area contributed by atoms with Crippen LogP contribution in [0.4, 0.5) is 4.39 Å². The van der Waals surface area contributed by atoms with E-state index < -0.39 is 0 Å². The predicted molar refractivity (Wildman–Crippen MR) is 55.4 cm³/mol. The molecule has 0 bridgehead atoms. The van der Waals surface area contributed by atoms with Crippen molar-refractivity contribution in [2.45, 2.75) is 25.8 Å². The SMILES string of the molecule is Fc1ccc(CNCC2CCC2)cc1. The van der Waals surface area contributed by atoms with Crippen molar-refractivity contribution in [3.05, 3.63) is 35.6 Å². The molecule has 1 saturated carbocycles. The molecule has 1 aliphatic carbocycles. The van der Waals surface area contributed by atoms with Crippen LogP contribution in [0.1, 0.15) is 24.8 Å². The predicted octanol–water partition coefficient (Wildman–Crippen LogP) is 2.72. The highest BCUT2D eigenvalue weighted by Crippen LogP contribution is 2.25. The maximum atomic E-state index is 12.6. The highest BCUT2D eigenvalue weighted by molar-refractivity contribution is 5.15. The van der Waals surface area contributed by atoms with Crippen LogP contribution in [-0.4, -0.2) is 6.54 Å². The van der Waals surface area contributed by atoms with Crippen LogP contribution in [0.2, 0.25) is 0 Å². The molecule has 1 N–H and O–H groups in total. The molecule has 0 heterocycles. The second-order valence-corrected chi connectivity index (χ2v) is 4.05. The zero-order valence-corrected chi connectivity index (χ0v) is 8.30. The molecular formula is C12H16FN. The summed E-state index contributed by atoms with van der Waals surface area (Å²) in [5, 5.41) is 3.40. The van der Waals surface area contributed by atoms with E-state index in [0.717, 1.165) is 24.6 Å². The zero-order chi connectivity index (χ0) is 9.80. The molecule has 0 atom stereocenters. The molecule has 0 unspecified atom stereocenters. The Morgan fingerprint density at radius 3 is 2.50 bits per heavy atom. The Hall–Kier alpha value is -0.890. The molecule has 0 saturated heterocycles. The van der Waals surface area contributed by atoms with Gasteiger partial charge in [-0.1, -0.05) is 18.6 Å². The van der Waals surface area contributed by atoms with Gasteiger partial charge in [-0.25, -0.2) is 4.39 Å². The average molecular weight is 193 g/mol. The number of rotatable bonds is 4. The largest absolute Gasteiger partial charge is 0.312 e. The van der Waals surface area contributed by atoms with Gasteiger partial charge in [0.15, 0.2) is 0 Å². The van der Waals surface area contributed by atoms with Crippen molar-refractivity contribution < 1.29 is 4.39 Å². The van der Waals surface area contributed by atoms with Crippen molar-refractivity contribution in [1.29, 1.82) is 0 Å². The summed E-state index contributed by atoms with van der Waals surface area (Å²) in [6.45, 7) is 1.97. The van der Waals surface area contributed by atoms with Crippen LogP contribution in [0.3, 0.4) is 0 Å². The molecule has 1 aromatic carbocycles. The first kappa shape index (κ1) is 9.66. The summed E-state index contributed by atoms with van der Waals surface area (Å²) in [6.07, 6.45) is 4.13. The fraction of sp³-hybridized carbons (Fsp3) is 0.500. The van der Waals surface area contributed by atoms with Crippen LogP contribution in [0.5, 0.6) is 0 Å². The molecule has 0 amide bonds. The Kier molecular flexibility index (Phi) is 3.14. The van der Waals surface area contributed by atoms with Gasteiger partial charge < -0.3 is 5.32 Å². The first-order valence-electron chi connectivity index (χ1n) is 5.30. The smallest absolute Gasteiger partial charge is 0.123 e. The van der Waals surface area contributed by atoms with Gasteiger partial charge in [-0.2, -0.15) is 0 Å². The lowest BCUT2D eigenvalue weighted by Crippen LogP contribution is -2.26. The fourth-order valence-electron chi connectivity index (χ4n) is 1.72. The van der Waals surface area contributed by atoms with Gasteiger partial charge >= 0.3 is 0 Å². The molecule has 1 fully saturated rings. The Morgan fingerprint density at radius 2 is 1.93 bits per heavy atom. The van der Waals surface area contributed by atoms with Crippen molar-refractivity contribution in [2.24, 2.45) is 5.92 Å². The topological polar surface area (TPSA) is 12.0 Å². The standard InChI is InChI=1S/C12H16FN/c13-12-6-4-11(5-7-12)9-14-8-10-2-1-3-10/h4-7,10,14H,1-3,8-9H2. The van der Waals surface area contributed by atoms with Gasteiger partial charge in [-0.3, -0.25) is 0 Å². The van der Waals surface area contributed by atoms with E-state index in [2.05, 4.69) is 5.32 Å². The van der Waals surface area contributed by atoms with Crippen LogP contribution in [0.25, 0.3) is 0 Å². The summed E-state index contributed by atoms with van der Waals surface area (Å²) in [7, 11) is 0. The summed E-state index contributed by atoms with van der Waals surface area (Å²) in [6, 6.07) is 6.70. The lowest BCUT2D eigenvalue weighted by atomic mass is 9.85. The van der Waals surface area contributed by atoms with Crippen LogP contribution >= 0.6 is 0 Å². The average Bonchev–Trinajstić information content (AvgIpc) is 2.12. The first-order chi connectivity index (χ1) is 6.84. The Morgan fingerprint density at radius 1 is 1.21 bits per heavy atom. The van der Waals surface area contributed by atoms with Gasteiger partial charge in [0.2, 0.25) is 0 Å². The quantitative estimate of drug-likeness (QED) is 0.775. The Balaban J connectivity index is 1.71. The summed E-state index contributed by atoms with van der Waals surface area (Å²) < 4.78 is 12.6. The fourth-order valence-corrected chi connectivity index (χ4v) is 1.72. The van der Waals surface area contributed by atoms with Gasteiger partial charge in [0.1, 0.15) is 5.82 Å². The summed E-state index contributed by atoms with van der Waals surface area (Å²) in [5.41, 5.74) is 1.16. The van der Waals surface area contributed by atoms with Gasteiger partial charge in [0.05, 0.1) is 0 Å². The van der Waals surface area contributed by atoms with E-state index in [4.69, 9.17) is 0 Å². The minimum Gasteiger partial charge on any atom is -0.312 e. The third-order valence-corrected chi connectivity index (χ3v) is 2.90. The van der Waals surface area contributed by atoms with Crippen molar-refractivity contribution in [1.82, 2.24) is 5.32 Å². The Labute approximate surface area is 84.3 Å². The zero-order valence-electron chi connectivity index (χ0n) is 8.30. The molecule has 0 aliphatic heterocycles. The second kappa shape index (κ2) is 4.56. The molecule has 2 heteroatoms. The Bertz CT molecular complexity index is 277. The number of hydrogen-bond donors (Lipinski definition) is 1.